The fourth-order valence-electron chi connectivity index (χ4n) is 0.739. The van der Waals surface area contributed by atoms with E-state index in [4.69, 9.17) is 0 Å². The smallest absolute Gasteiger partial charge is 0.310 e. The summed E-state index contributed by atoms with van der Waals surface area (Å²) in [6.45, 7) is 7.80. The van der Waals surface area contributed by atoms with Crippen LogP contribution in [0.15, 0.2) is 4.79 Å². The van der Waals surface area contributed by atoms with E-state index < -0.39 is 0 Å². The standard InChI is InChI=1S/C6H10N2O.C2H6/c1-4-5(2)8(3)6(9)7-4;1-2/h1-3H3,(H,7,9);1-2H3. The summed E-state index contributed by atoms with van der Waals surface area (Å²) < 4.78 is 1.59. The second-order valence-electron chi connectivity index (χ2n) is 2.20. The molecule has 0 aliphatic carbocycles. The molecular weight excluding hydrogens is 140 g/mol. The Bertz CT molecular complexity index is 270. The number of nitrogens with one attached hydrogen (secondary N) is 1. The molecule has 1 rings (SSSR count). The van der Waals surface area contributed by atoms with Crippen LogP contribution in [-0.2, 0) is 7.05 Å². The highest BCUT2D eigenvalue weighted by molar-refractivity contribution is 5.07. The van der Waals surface area contributed by atoms with E-state index in [9.17, 15) is 4.79 Å². The van der Waals surface area contributed by atoms with Crippen molar-refractivity contribution in [3.8, 4) is 0 Å². The summed E-state index contributed by atoms with van der Waals surface area (Å²) in [6.07, 6.45) is 0. The Labute approximate surface area is 67.1 Å². The van der Waals surface area contributed by atoms with Crippen LogP contribution >= 0.6 is 0 Å². The van der Waals surface area contributed by atoms with Crippen molar-refractivity contribution in [3.63, 3.8) is 0 Å². The van der Waals surface area contributed by atoms with Crippen LogP contribution in [-0.4, -0.2) is 9.55 Å². The number of aryl methyl sites for hydroxylation is 1. The lowest BCUT2D eigenvalue weighted by Gasteiger charge is -1.90. The molecular formula is C8H16N2O. The summed E-state index contributed by atoms with van der Waals surface area (Å²) >= 11 is 0. The second-order valence-corrected chi connectivity index (χ2v) is 2.20. The van der Waals surface area contributed by atoms with Crippen LogP contribution in [0, 0.1) is 13.8 Å². The normalized spacial score (nSPS) is 8.82. The zero-order chi connectivity index (χ0) is 9.02. The quantitative estimate of drug-likeness (QED) is 0.605. The van der Waals surface area contributed by atoms with Crippen LogP contribution in [0.1, 0.15) is 25.2 Å². The maximum atomic E-state index is 10.8. The van der Waals surface area contributed by atoms with Crippen LogP contribution in [0.25, 0.3) is 0 Å². The highest BCUT2D eigenvalue weighted by Gasteiger charge is 1.99. The van der Waals surface area contributed by atoms with E-state index in [1.54, 1.807) is 11.6 Å². The maximum absolute atomic E-state index is 10.8. The highest BCUT2D eigenvalue weighted by atomic mass is 16.1. The predicted octanol–water partition coefficient (Wildman–Crippen LogP) is 1.36. The number of imidazole rings is 1. The third-order valence-electron chi connectivity index (χ3n) is 1.64. The molecule has 0 aromatic carbocycles. The molecule has 3 nitrogen and oxygen atoms in total. The van der Waals surface area contributed by atoms with Crippen LogP contribution in [0.3, 0.4) is 0 Å². The van der Waals surface area contributed by atoms with Crippen LogP contribution < -0.4 is 5.69 Å². The zero-order valence-electron chi connectivity index (χ0n) is 7.86. The minimum absolute atomic E-state index is 0.0370. The monoisotopic (exact) mass is 156 g/mol. The van der Waals surface area contributed by atoms with Gasteiger partial charge in [0.05, 0.1) is 0 Å². The number of aromatic nitrogens is 2. The molecule has 1 heterocycles. The Balaban J connectivity index is 0.000000461. The van der Waals surface area contributed by atoms with Gasteiger partial charge in [0.25, 0.3) is 0 Å². The molecule has 1 aromatic rings. The summed E-state index contributed by atoms with van der Waals surface area (Å²) in [6, 6.07) is 0. The Morgan fingerprint density at radius 2 is 1.73 bits per heavy atom. The first-order valence-electron chi connectivity index (χ1n) is 3.85. The predicted molar refractivity (Wildman–Crippen MR) is 46.9 cm³/mol. The molecule has 64 valence electrons. The highest BCUT2D eigenvalue weighted by Crippen LogP contribution is 1.95. The van der Waals surface area contributed by atoms with Gasteiger partial charge in [0.1, 0.15) is 0 Å². The molecule has 0 spiro atoms. The van der Waals surface area contributed by atoms with Gasteiger partial charge in [0.15, 0.2) is 0 Å². The Hall–Kier alpha value is -0.990. The fraction of sp³-hybridized carbons (Fsp3) is 0.625. The van der Waals surface area contributed by atoms with Crippen molar-refractivity contribution in [2.24, 2.45) is 7.05 Å². The van der Waals surface area contributed by atoms with Gasteiger partial charge in [0.2, 0.25) is 0 Å². The summed E-state index contributed by atoms with van der Waals surface area (Å²) in [5.41, 5.74) is 1.91. The van der Waals surface area contributed by atoms with Gasteiger partial charge in [-0.15, -0.1) is 0 Å². The largest absolute Gasteiger partial charge is 0.325 e. The maximum Gasteiger partial charge on any atom is 0.325 e. The number of H-pyrrole nitrogens is 1. The number of aromatic amines is 1. The third-order valence-corrected chi connectivity index (χ3v) is 1.64. The molecule has 0 atom stereocenters. The van der Waals surface area contributed by atoms with E-state index in [2.05, 4.69) is 4.98 Å². The molecule has 0 saturated heterocycles. The Kier molecular flexibility index (Phi) is 3.65. The van der Waals surface area contributed by atoms with Crippen molar-refractivity contribution in [2.45, 2.75) is 27.7 Å². The minimum atomic E-state index is -0.0370. The van der Waals surface area contributed by atoms with Gasteiger partial charge < -0.3 is 4.98 Å². The van der Waals surface area contributed by atoms with Gasteiger partial charge in [-0.05, 0) is 13.8 Å². The van der Waals surface area contributed by atoms with Crippen LogP contribution in [0.5, 0.6) is 0 Å². The molecule has 11 heavy (non-hydrogen) atoms. The summed E-state index contributed by atoms with van der Waals surface area (Å²) in [4.78, 5) is 13.5. The minimum Gasteiger partial charge on any atom is -0.310 e. The number of hydrogen-bond acceptors (Lipinski definition) is 1. The van der Waals surface area contributed by atoms with Gasteiger partial charge >= 0.3 is 5.69 Å². The average molecular weight is 156 g/mol. The molecule has 0 unspecified atom stereocenters. The molecule has 0 fully saturated rings. The van der Waals surface area contributed by atoms with Gasteiger partial charge in [0, 0.05) is 18.4 Å². The molecule has 0 radical (unpaired) electrons. The van der Waals surface area contributed by atoms with Crippen molar-refractivity contribution in [1.29, 1.82) is 0 Å². The van der Waals surface area contributed by atoms with Crippen molar-refractivity contribution in [2.75, 3.05) is 0 Å². The molecule has 0 amide bonds. The van der Waals surface area contributed by atoms with E-state index >= 15 is 0 Å². The topological polar surface area (TPSA) is 37.8 Å². The van der Waals surface area contributed by atoms with Gasteiger partial charge in [-0.2, -0.15) is 0 Å². The van der Waals surface area contributed by atoms with Crippen molar-refractivity contribution < 1.29 is 0 Å². The Morgan fingerprint density at radius 1 is 1.27 bits per heavy atom. The lowest BCUT2D eigenvalue weighted by Crippen LogP contribution is -2.12. The molecule has 1 aromatic heterocycles. The molecule has 0 bridgehead atoms. The molecule has 3 heteroatoms. The first-order chi connectivity index (χ1) is 5.13. The molecule has 0 aliphatic heterocycles. The van der Waals surface area contributed by atoms with Gasteiger partial charge in [-0.25, -0.2) is 4.79 Å². The summed E-state index contributed by atoms with van der Waals surface area (Å²) in [5, 5.41) is 0. The van der Waals surface area contributed by atoms with Gasteiger partial charge in [-0.3, -0.25) is 4.57 Å². The summed E-state index contributed by atoms with van der Waals surface area (Å²) in [5.74, 6) is 0. The van der Waals surface area contributed by atoms with Crippen LogP contribution in [0.4, 0.5) is 0 Å². The van der Waals surface area contributed by atoms with E-state index in [0.717, 1.165) is 11.4 Å². The first-order valence-corrected chi connectivity index (χ1v) is 3.85. The Morgan fingerprint density at radius 3 is 1.82 bits per heavy atom. The average Bonchev–Trinajstić information content (AvgIpc) is 2.22. The fourth-order valence-corrected chi connectivity index (χ4v) is 0.739. The van der Waals surface area contributed by atoms with Gasteiger partial charge in [-0.1, -0.05) is 13.8 Å². The number of hydrogen-bond donors (Lipinski definition) is 1. The first kappa shape index (κ1) is 10.0. The zero-order valence-corrected chi connectivity index (χ0v) is 7.86. The lowest BCUT2D eigenvalue weighted by molar-refractivity contribution is 0.829. The van der Waals surface area contributed by atoms with E-state index in [0.29, 0.717) is 0 Å². The summed E-state index contributed by atoms with van der Waals surface area (Å²) in [7, 11) is 1.75. The van der Waals surface area contributed by atoms with E-state index in [1.165, 1.54) is 0 Å². The lowest BCUT2D eigenvalue weighted by atomic mass is 10.4. The van der Waals surface area contributed by atoms with E-state index in [-0.39, 0.29) is 5.69 Å². The molecule has 0 aliphatic rings. The van der Waals surface area contributed by atoms with Crippen molar-refractivity contribution >= 4 is 0 Å². The van der Waals surface area contributed by atoms with Crippen molar-refractivity contribution in [3.05, 3.63) is 21.9 Å². The number of nitrogens with zero attached hydrogens (tertiary/aromatic N) is 1. The molecule has 0 saturated carbocycles. The molecule has 1 N–H and O–H groups in total. The SMILES string of the molecule is CC.Cc1[nH]c(=O)n(C)c1C. The number of rotatable bonds is 0. The third kappa shape index (κ3) is 1.97. The van der Waals surface area contributed by atoms with Crippen molar-refractivity contribution in [1.82, 2.24) is 9.55 Å². The second kappa shape index (κ2) is 4.01. The van der Waals surface area contributed by atoms with Crippen LogP contribution in [0.2, 0.25) is 0 Å². The van der Waals surface area contributed by atoms with E-state index in [1.807, 2.05) is 27.7 Å².